The molecule has 1 atom stereocenters. The van der Waals surface area contributed by atoms with Crippen LogP contribution in [-0.2, 0) is 6.42 Å². The number of hydrogen-bond donors (Lipinski definition) is 2. The van der Waals surface area contributed by atoms with E-state index in [1.807, 2.05) is 25.3 Å². The topological polar surface area (TPSA) is 73.9 Å². The molecule has 3 aromatic rings. The number of amides is 1. The smallest absolute Gasteiger partial charge is 0.251 e. The SMILES string of the molecule is CCNC(=O)c1ccnc(N2CCCC(c3[nH]ncc3Cc3ccccc3)C2)c1. The van der Waals surface area contributed by atoms with E-state index in [-0.39, 0.29) is 5.91 Å². The Morgan fingerprint density at radius 3 is 2.97 bits per heavy atom. The van der Waals surface area contributed by atoms with Crippen molar-refractivity contribution < 1.29 is 4.79 Å². The van der Waals surface area contributed by atoms with Gasteiger partial charge in [0.25, 0.3) is 5.91 Å². The Kier molecular flexibility index (Phi) is 5.89. The van der Waals surface area contributed by atoms with Crippen LogP contribution in [-0.4, -0.2) is 40.7 Å². The van der Waals surface area contributed by atoms with Gasteiger partial charge in [-0.15, -0.1) is 0 Å². The average molecular weight is 390 g/mol. The lowest BCUT2D eigenvalue weighted by Gasteiger charge is -2.33. The molecular formula is C23H27N5O. The molecule has 0 bridgehead atoms. The molecule has 1 saturated heterocycles. The largest absolute Gasteiger partial charge is 0.356 e. The molecule has 4 rings (SSSR count). The average Bonchev–Trinajstić information content (AvgIpc) is 3.23. The lowest BCUT2D eigenvalue weighted by atomic mass is 9.91. The van der Waals surface area contributed by atoms with Crippen LogP contribution in [0.2, 0.25) is 0 Å². The summed E-state index contributed by atoms with van der Waals surface area (Å²) in [6, 6.07) is 14.2. The Morgan fingerprint density at radius 2 is 2.14 bits per heavy atom. The normalized spacial score (nSPS) is 16.6. The maximum Gasteiger partial charge on any atom is 0.251 e. The number of piperidine rings is 1. The predicted molar refractivity (Wildman–Crippen MR) is 114 cm³/mol. The first kappa shape index (κ1) is 19.2. The van der Waals surface area contributed by atoms with E-state index in [4.69, 9.17) is 0 Å². The second kappa shape index (κ2) is 8.90. The predicted octanol–water partition coefficient (Wildman–Crippen LogP) is 3.53. The van der Waals surface area contributed by atoms with Crippen molar-refractivity contribution in [3.8, 4) is 0 Å². The Labute approximate surface area is 171 Å². The minimum absolute atomic E-state index is 0.0524. The van der Waals surface area contributed by atoms with Crippen LogP contribution < -0.4 is 10.2 Å². The summed E-state index contributed by atoms with van der Waals surface area (Å²) in [6.45, 7) is 4.36. The number of H-pyrrole nitrogens is 1. The van der Waals surface area contributed by atoms with E-state index in [1.165, 1.54) is 16.8 Å². The third kappa shape index (κ3) is 4.47. The molecule has 0 spiro atoms. The zero-order valence-corrected chi connectivity index (χ0v) is 16.8. The second-order valence-corrected chi connectivity index (χ2v) is 7.52. The second-order valence-electron chi connectivity index (χ2n) is 7.52. The Morgan fingerprint density at radius 1 is 1.28 bits per heavy atom. The summed E-state index contributed by atoms with van der Waals surface area (Å²) in [5, 5.41) is 10.4. The van der Waals surface area contributed by atoms with E-state index in [0.29, 0.717) is 18.0 Å². The van der Waals surface area contributed by atoms with E-state index >= 15 is 0 Å². The summed E-state index contributed by atoms with van der Waals surface area (Å²) in [5.41, 5.74) is 4.43. The highest BCUT2D eigenvalue weighted by molar-refractivity contribution is 5.94. The first-order valence-electron chi connectivity index (χ1n) is 10.3. The number of aromatic amines is 1. The molecule has 2 N–H and O–H groups in total. The van der Waals surface area contributed by atoms with Crippen LogP contribution in [0.4, 0.5) is 5.82 Å². The minimum atomic E-state index is -0.0524. The molecular weight excluding hydrogens is 362 g/mol. The van der Waals surface area contributed by atoms with Crippen LogP contribution in [0.15, 0.2) is 54.9 Å². The van der Waals surface area contributed by atoms with E-state index in [0.717, 1.165) is 38.2 Å². The lowest BCUT2D eigenvalue weighted by Crippen LogP contribution is -2.35. The molecule has 1 fully saturated rings. The Hall–Kier alpha value is -3.15. The van der Waals surface area contributed by atoms with Gasteiger partial charge < -0.3 is 10.2 Å². The standard InChI is InChI=1S/C23H27N5O/c1-2-24-23(29)18-10-11-25-21(14-18)28-12-6-9-19(16-28)22-20(15-26-27-22)13-17-7-4-3-5-8-17/h3-5,7-8,10-11,14-15,19H,2,6,9,12-13,16H2,1H3,(H,24,29)(H,26,27). The lowest BCUT2D eigenvalue weighted by molar-refractivity contribution is 0.0955. The zero-order valence-electron chi connectivity index (χ0n) is 16.8. The van der Waals surface area contributed by atoms with Crippen molar-refractivity contribution in [3.05, 3.63) is 77.2 Å². The van der Waals surface area contributed by atoms with Gasteiger partial charge >= 0.3 is 0 Å². The maximum absolute atomic E-state index is 12.2. The van der Waals surface area contributed by atoms with Crippen molar-refractivity contribution >= 4 is 11.7 Å². The highest BCUT2D eigenvalue weighted by Gasteiger charge is 2.26. The van der Waals surface area contributed by atoms with Gasteiger partial charge in [0.15, 0.2) is 0 Å². The van der Waals surface area contributed by atoms with Crippen LogP contribution in [0, 0.1) is 0 Å². The van der Waals surface area contributed by atoms with Crippen molar-refractivity contribution in [1.82, 2.24) is 20.5 Å². The number of rotatable bonds is 6. The van der Waals surface area contributed by atoms with Crippen molar-refractivity contribution in [2.75, 3.05) is 24.5 Å². The van der Waals surface area contributed by atoms with Crippen LogP contribution in [0.3, 0.4) is 0 Å². The fourth-order valence-electron chi connectivity index (χ4n) is 4.05. The van der Waals surface area contributed by atoms with Crippen molar-refractivity contribution in [2.45, 2.75) is 32.1 Å². The van der Waals surface area contributed by atoms with Gasteiger partial charge in [0, 0.05) is 49.4 Å². The van der Waals surface area contributed by atoms with Crippen molar-refractivity contribution in [3.63, 3.8) is 0 Å². The zero-order chi connectivity index (χ0) is 20.1. The molecule has 1 aliphatic rings. The molecule has 0 saturated carbocycles. The molecule has 1 aromatic carbocycles. The van der Waals surface area contributed by atoms with E-state index in [2.05, 4.69) is 49.7 Å². The highest BCUT2D eigenvalue weighted by Crippen LogP contribution is 2.31. The number of aromatic nitrogens is 3. The van der Waals surface area contributed by atoms with Crippen LogP contribution in [0.25, 0.3) is 0 Å². The summed E-state index contributed by atoms with van der Waals surface area (Å²) in [4.78, 5) is 19.0. The molecule has 6 heteroatoms. The third-order valence-corrected chi connectivity index (χ3v) is 5.49. The molecule has 1 amide bonds. The Balaban J connectivity index is 1.51. The quantitative estimate of drug-likeness (QED) is 0.676. The first-order valence-corrected chi connectivity index (χ1v) is 10.3. The number of carbonyl (C=O) groups excluding carboxylic acids is 1. The summed E-state index contributed by atoms with van der Waals surface area (Å²) >= 11 is 0. The molecule has 2 aromatic heterocycles. The molecule has 6 nitrogen and oxygen atoms in total. The molecule has 0 radical (unpaired) electrons. The van der Waals surface area contributed by atoms with Crippen LogP contribution in [0.1, 0.15) is 52.9 Å². The van der Waals surface area contributed by atoms with E-state index < -0.39 is 0 Å². The summed E-state index contributed by atoms with van der Waals surface area (Å²) < 4.78 is 0. The number of nitrogens with zero attached hydrogens (tertiary/aromatic N) is 3. The monoisotopic (exact) mass is 389 g/mol. The summed E-state index contributed by atoms with van der Waals surface area (Å²) in [7, 11) is 0. The fourth-order valence-corrected chi connectivity index (χ4v) is 4.05. The van der Waals surface area contributed by atoms with Gasteiger partial charge in [-0.1, -0.05) is 30.3 Å². The van der Waals surface area contributed by atoms with Crippen molar-refractivity contribution in [2.24, 2.45) is 0 Å². The van der Waals surface area contributed by atoms with Gasteiger partial charge in [-0.2, -0.15) is 5.10 Å². The van der Waals surface area contributed by atoms with Gasteiger partial charge in [-0.05, 0) is 43.0 Å². The molecule has 0 aliphatic carbocycles. The van der Waals surface area contributed by atoms with Crippen LogP contribution >= 0.6 is 0 Å². The van der Waals surface area contributed by atoms with Crippen molar-refractivity contribution in [1.29, 1.82) is 0 Å². The maximum atomic E-state index is 12.2. The molecule has 150 valence electrons. The number of carbonyl (C=O) groups is 1. The fraction of sp³-hybridized carbons (Fsp3) is 0.348. The number of pyridine rings is 1. The number of benzene rings is 1. The molecule has 1 aliphatic heterocycles. The Bertz CT molecular complexity index is 953. The molecule has 29 heavy (non-hydrogen) atoms. The summed E-state index contributed by atoms with van der Waals surface area (Å²) in [6.07, 6.45) is 6.77. The van der Waals surface area contributed by atoms with Gasteiger partial charge in [-0.25, -0.2) is 4.98 Å². The van der Waals surface area contributed by atoms with Gasteiger partial charge in [0.05, 0.1) is 6.20 Å². The van der Waals surface area contributed by atoms with Gasteiger partial charge in [0.2, 0.25) is 0 Å². The van der Waals surface area contributed by atoms with Crippen LogP contribution in [0.5, 0.6) is 0 Å². The summed E-state index contributed by atoms with van der Waals surface area (Å²) in [5.74, 6) is 1.19. The number of anilines is 1. The molecule has 1 unspecified atom stereocenters. The number of hydrogen-bond acceptors (Lipinski definition) is 4. The third-order valence-electron chi connectivity index (χ3n) is 5.49. The van der Waals surface area contributed by atoms with E-state index in [1.54, 1.807) is 12.3 Å². The minimum Gasteiger partial charge on any atom is -0.356 e. The highest BCUT2D eigenvalue weighted by atomic mass is 16.1. The van der Waals surface area contributed by atoms with Gasteiger partial charge in [0.1, 0.15) is 5.82 Å². The van der Waals surface area contributed by atoms with Gasteiger partial charge in [-0.3, -0.25) is 9.89 Å². The number of nitrogens with one attached hydrogen (secondary N) is 2. The first-order chi connectivity index (χ1) is 14.2. The van der Waals surface area contributed by atoms with E-state index in [9.17, 15) is 4.79 Å². The molecule has 3 heterocycles.